The zero-order valence-electron chi connectivity index (χ0n) is 16.9. The fourth-order valence-electron chi connectivity index (χ4n) is 3.17. The highest BCUT2D eigenvalue weighted by Gasteiger charge is 2.49. The molecular weight excluding hydrogens is 379 g/mol. The average Bonchev–Trinajstić information content (AvgIpc) is 3.22. The van der Waals surface area contributed by atoms with E-state index in [1.54, 1.807) is 0 Å². The van der Waals surface area contributed by atoms with E-state index >= 15 is 0 Å². The Morgan fingerprint density at radius 2 is 1.71 bits per heavy atom. The largest absolute Gasteiger partial charge is 0.590 e. The molecule has 0 amide bonds. The molecular formula is C21H31O6P. The van der Waals surface area contributed by atoms with Gasteiger partial charge in [-0.2, -0.15) is 0 Å². The highest BCUT2D eigenvalue weighted by atomic mass is 31.2. The first-order valence-electron chi connectivity index (χ1n) is 10.4. The highest BCUT2D eigenvalue weighted by molar-refractivity contribution is 7.49. The first-order chi connectivity index (χ1) is 13.6. The lowest BCUT2D eigenvalue weighted by Gasteiger charge is -2.21. The molecule has 2 aliphatic rings. The number of rotatable bonds is 13. The number of benzene rings is 1. The molecule has 2 bridgehead atoms. The van der Waals surface area contributed by atoms with Gasteiger partial charge in [-0.05, 0) is 37.0 Å². The van der Waals surface area contributed by atoms with Crippen LogP contribution in [-0.4, -0.2) is 12.9 Å². The van der Waals surface area contributed by atoms with Gasteiger partial charge < -0.3 is 18.5 Å². The number of hydrogen-bond acceptors (Lipinski definition) is 6. The predicted molar refractivity (Wildman–Crippen MR) is 107 cm³/mol. The molecule has 0 N–H and O–H groups in total. The summed E-state index contributed by atoms with van der Waals surface area (Å²) in [5.74, 6) is 1.22. The lowest BCUT2D eigenvalue weighted by atomic mass is 10.1. The Morgan fingerprint density at radius 1 is 0.964 bits per heavy atom. The van der Waals surface area contributed by atoms with Crippen molar-refractivity contribution in [2.24, 2.45) is 0 Å². The van der Waals surface area contributed by atoms with E-state index in [1.807, 2.05) is 12.1 Å². The van der Waals surface area contributed by atoms with Crippen molar-refractivity contribution in [3.05, 3.63) is 41.5 Å². The normalized spacial score (nSPS) is 21.4. The maximum atomic E-state index is 12.0. The van der Waals surface area contributed by atoms with Gasteiger partial charge in [0.1, 0.15) is 12.4 Å². The van der Waals surface area contributed by atoms with Crippen LogP contribution in [0.4, 0.5) is 0 Å². The summed E-state index contributed by atoms with van der Waals surface area (Å²) in [7, 11) is -3.48. The van der Waals surface area contributed by atoms with Crippen LogP contribution in [0.25, 0.3) is 0 Å². The van der Waals surface area contributed by atoms with Gasteiger partial charge in [-0.25, -0.2) is 4.57 Å². The van der Waals surface area contributed by atoms with E-state index in [0.717, 1.165) is 31.4 Å². The monoisotopic (exact) mass is 410 g/mol. The van der Waals surface area contributed by atoms with Gasteiger partial charge >= 0.3 is 13.8 Å². The smallest absolute Gasteiger partial charge is 0.455 e. The Kier molecular flexibility index (Phi) is 7.69. The molecule has 2 unspecified atom stereocenters. The summed E-state index contributed by atoms with van der Waals surface area (Å²) in [4.78, 5) is 0. The zero-order valence-corrected chi connectivity index (χ0v) is 17.7. The molecule has 1 aromatic carbocycles. The van der Waals surface area contributed by atoms with Crippen molar-refractivity contribution < 1.29 is 27.6 Å². The van der Waals surface area contributed by atoms with Crippen molar-refractivity contribution in [3.63, 3.8) is 0 Å². The molecule has 2 atom stereocenters. The van der Waals surface area contributed by atoms with Gasteiger partial charge in [0.15, 0.2) is 0 Å². The maximum absolute atomic E-state index is 12.0. The van der Waals surface area contributed by atoms with E-state index in [-0.39, 0.29) is 12.6 Å². The summed E-state index contributed by atoms with van der Waals surface area (Å²) in [6, 6.07) is 8.17. The zero-order chi connectivity index (χ0) is 19.8. The molecule has 0 spiro atoms. The van der Waals surface area contributed by atoms with Crippen LogP contribution in [-0.2, 0) is 29.3 Å². The molecule has 0 aliphatic carbocycles. The molecule has 2 heterocycles. The van der Waals surface area contributed by atoms with Crippen LogP contribution in [0.15, 0.2) is 36.0 Å². The number of phosphoric ester groups is 1. The summed E-state index contributed by atoms with van der Waals surface area (Å²) in [5, 5.41) is 0. The van der Waals surface area contributed by atoms with Gasteiger partial charge in [-0.15, -0.1) is 0 Å². The number of hydrogen-bond donors (Lipinski definition) is 0. The van der Waals surface area contributed by atoms with Gasteiger partial charge in [0.05, 0.1) is 0 Å². The lowest BCUT2D eigenvalue weighted by molar-refractivity contribution is -0.0860. The van der Waals surface area contributed by atoms with E-state index in [9.17, 15) is 4.57 Å². The van der Waals surface area contributed by atoms with E-state index in [0.29, 0.717) is 12.2 Å². The molecule has 0 saturated carbocycles. The topological polar surface area (TPSA) is 63.2 Å². The second-order valence-corrected chi connectivity index (χ2v) is 8.75. The standard InChI is InChI=1S/C21H31O6P/c1-3-5-7-9-10-17-12-14-18(15-13-17)24-20(11-8-6-4-2)25-21-19-16-23-28(22,26-19)27-21/h12-15,20H,3-11,16H2,1-2H3. The van der Waals surface area contributed by atoms with Gasteiger partial charge in [0.25, 0.3) is 0 Å². The van der Waals surface area contributed by atoms with Crippen molar-refractivity contribution in [3.8, 4) is 5.75 Å². The number of unbranched alkanes of at least 4 members (excludes halogenated alkanes) is 5. The Balaban J connectivity index is 1.56. The Bertz CT molecular complexity index is 699. The number of fused-ring (bicyclic) bond motifs is 2. The van der Waals surface area contributed by atoms with Crippen molar-refractivity contribution in [1.82, 2.24) is 0 Å². The van der Waals surface area contributed by atoms with Crippen LogP contribution in [0.3, 0.4) is 0 Å². The maximum Gasteiger partial charge on any atom is 0.590 e. The first-order valence-corrected chi connectivity index (χ1v) is 11.9. The van der Waals surface area contributed by atoms with Crippen LogP contribution in [0.5, 0.6) is 5.75 Å². The van der Waals surface area contributed by atoms with E-state index in [2.05, 4.69) is 26.0 Å². The highest BCUT2D eigenvalue weighted by Crippen LogP contribution is 2.63. The number of phosphoric acid groups is 1. The van der Waals surface area contributed by atoms with Crippen LogP contribution < -0.4 is 4.74 Å². The second kappa shape index (κ2) is 10.2. The summed E-state index contributed by atoms with van der Waals surface area (Å²) in [5.41, 5.74) is 1.32. The molecule has 0 radical (unpaired) electrons. The predicted octanol–water partition coefficient (Wildman–Crippen LogP) is 6.47. The number of aryl methyl sites for hydroxylation is 1. The lowest BCUT2D eigenvalue weighted by Crippen LogP contribution is -2.21. The molecule has 156 valence electrons. The summed E-state index contributed by atoms with van der Waals surface area (Å²) >= 11 is 0. The summed E-state index contributed by atoms with van der Waals surface area (Å²) in [6.45, 7) is 4.49. The quantitative estimate of drug-likeness (QED) is 0.211. The second-order valence-electron chi connectivity index (χ2n) is 7.23. The molecule has 2 aliphatic heterocycles. The molecule has 1 aromatic rings. The molecule has 3 rings (SSSR count). The molecule has 1 saturated heterocycles. The van der Waals surface area contributed by atoms with E-state index in [4.69, 9.17) is 23.0 Å². The molecule has 6 nitrogen and oxygen atoms in total. The van der Waals surface area contributed by atoms with Gasteiger partial charge in [-0.3, -0.25) is 4.52 Å². The fraction of sp³-hybridized carbons (Fsp3) is 0.619. The summed E-state index contributed by atoms with van der Waals surface area (Å²) < 4.78 is 39.1. The van der Waals surface area contributed by atoms with Crippen molar-refractivity contribution >= 4 is 7.82 Å². The van der Waals surface area contributed by atoms with Crippen LogP contribution in [0, 0.1) is 0 Å². The number of ether oxygens (including phenoxy) is 2. The molecule has 28 heavy (non-hydrogen) atoms. The minimum absolute atomic E-state index is 0.112. The third-order valence-corrected chi connectivity index (χ3v) is 6.07. The Hall–Kier alpha value is -1.65. The Labute approximate surface area is 167 Å². The van der Waals surface area contributed by atoms with Crippen molar-refractivity contribution in [1.29, 1.82) is 0 Å². The Morgan fingerprint density at radius 3 is 2.36 bits per heavy atom. The molecule has 7 heteroatoms. The van der Waals surface area contributed by atoms with Gasteiger partial charge in [-0.1, -0.05) is 58.1 Å². The minimum Gasteiger partial charge on any atom is -0.455 e. The van der Waals surface area contributed by atoms with E-state index in [1.165, 1.54) is 31.2 Å². The van der Waals surface area contributed by atoms with Crippen LogP contribution in [0.2, 0.25) is 0 Å². The fourth-order valence-corrected chi connectivity index (χ4v) is 4.33. The SMILES string of the molecule is CCCCCCc1ccc(OC(CCCCC)OC2=C3COP(=O)(O3)O2)cc1. The summed E-state index contributed by atoms with van der Waals surface area (Å²) in [6.07, 6.45) is 9.46. The van der Waals surface area contributed by atoms with Gasteiger partial charge in [0, 0.05) is 6.42 Å². The molecule has 0 aromatic heterocycles. The van der Waals surface area contributed by atoms with Crippen LogP contribution >= 0.6 is 7.82 Å². The minimum atomic E-state index is -3.48. The third-order valence-electron chi connectivity index (χ3n) is 4.79. The first kappa shape index (κ1) is 21.1. The average molecular weight is 410 g/mol. The van der Waals surface area contributed by atoms with Gasteiger partial charge in [0.2, 0.25) is 12.0 Å². The van der Waals surface area contributed by atoms with E-state index < -0.39 is 14.1 Å². The third kappa shape index (κ3) is 5.92. The van der Waals surface area contributed by atoms with Crippen molar-refractivity contribution in [2.45, 2.75) is 77.9 Å². The van der Waals surface area contributed by atoms with Crippen LogP contribution in [0.1, 0.15) is 70.8 Å². The van der Waals surface area contributed by atoms with Crippen molar-refractivity contribution in [2.75, 3.05) is 6.61 Å². The molecule has 1 fully saturated rings.